The number of benzene rings is 3. The van der Waals surface area contributed by atoms with Crippen molar-refractivity contribution in [1.29, 1.82) is 0 Å². The van der Waals surface area contributed by atoms with E-state index in [1.165, 1.54) is 12.1 Å². The molecule has 2 aliphatic rings. The molecule has 1 saturated heterocycles. The highest BCUT2D eigenvalue weighted by Crippen LogP contribution is 2.38. The lowest BCUT2D eigenvalue weighted by Gasteiger charge is -2.38. The van der Waals surface area contributed by atoms with E-state index in [2.05, 4.69) is 21.4 Å². The van der Waals surface area contributed by atoms with Crippen LogP contribution in [0.4, 0.5) is 15.9 Å². The molecule has 0 aliphatic carbocycles. The minimum Gasteiger partial charge on any atom is -0.489 e. The predicted octanol–water partition coefficient (Wildman–Crippen LogP) is 5.55. The molecular weight excluding hydrogens is 505 g/mol. The smallest absolute Gasteiger partial charge is 0.254 e. The van der Waals surface area contributed by atoms with Gasteiger partial charge < -0.3 is 19.9 Å². The molecule has 7 nitrogen and oxygen atoms in total. The first-order valence-corrected chi connectivity index (χ1v) is 13.6. The molecule has 3 heterocycles. The van der Waals surface area contributed by atoms with Crippen LogP contribution in [-0.2, 0) is 11.4 Å². The molecule has 8 heteroatoms. The molecular formula is C32H32FN5O2. The molecule has 4 aromatic rings. The summed E-state index contributed by atoms with van der Waals surface area (Å²) >= 11 is 0. The maximum absolute atomic E-state index is 14.1. The van der Waals surface area contributed by atoms with E-state index < -0.39 is 0 Å². The molecule has 2 aliphatic heterocycles. The number of hydrogen-bond donors (Lipinski definition) is 1. The fourth-order valence-electron chi connectivity index (χ4n) is 5.52. The Kier molecular flexibility index (Phi) is 6.99. The molecule has 0 spiro atoms. The first kappa shape index (κ1) is 25.7. The van der Waals surface area contributed by atoms with Crippen LogP contribution >= 0.6 is 0 Å². The van der Waals surface area contributed by atoms with E-state index in [-0.39, 0.29) is 17.8 Å². The molecule has 1 aromatic heterocycles. The SMILES string of the molecule is CC1=C(C(=O)N2CCN(c3ccc(F)cc3)CC2)C(c2ccc(OCc3ccccc3)c(C)c2)n2nccc2N1. The van der Waals surface area contributed by atoms with E-state index in [0.29, 0.717) is 38.4 Å². The number of piperazine rings is 1. The standard InChI is InChI=1S/C32H32FN5O2/c1-22-20-25(8-13-28(22)40-21-24-6-4-3-5-7-24)31-30(23(2)35-29-14-15-34-38(29)31)32(39)37-18-16-36(17-19-37)27-11-9-26(33)10-12-27/h3-15,20,31,35H,16-19,21H2,1-2H3. The summed E-state index contributed by atoms with van der Waals surface area (Å²) in [6, 6.07) is 24.3. The zero-order chi connectivity index (χ0) is 27.6. The third kappa shape index (κ3) is 5.04. The van der Waals surface area contributed by atoms with Crippen LogP contribution in [0.25, 0.3) is 0 Å². The van der Waals surface area contributed by atoms with Crippen molar-refractivity contribution in [3.8, 4) is 5.75 Å². The number of fused-ring (bicyclic) bond motifs is 1. The molecule has 0 radical (unpaired) electrons. The molecule has 1 fully saturated rings. The van der Waals surface area contributed by atoms with Gasteiger partial charge >= 0.3 is 0 Å². The lowest BCUT2D eigenvalue weighted by molar-refractivity contribution is -0.128. The number of nitrogens with zero attached hydrogens (tertiary/aromatic N) is 4. The zero-order valence-electron chi connectivity index (χ0n) is 22.7. The highest BCUT2D eigenvalue weighted by atomic mass is 19.1. The van der Waals surface area contributed by atoms with Crippen LogP contribution < -0.4 is 15.0 Å². The Morgan fingerprint density at radius 2 is 1.73 bits per heavy atom. The summed E-state index contributed by atoms with van der Waals surface area (Å²) in [5.41, 5.74) is 5.56. The van der Waals surface area contributed by atoms with Gasteiger partial charge in [0.1, 0.15) is 30.0 Å². The van der Waals surface area contributed by atoms with Gasteiger partial charge in [0.15, 0.2) is 0 Å². The quantitative estimate of drug-likeness (QED) is 0.350. The highest BCUT2D eigenvalue weighted by Gasteiger charge is 2.36. The average Bonchev–Trinajstić information content (AvgIpc) is 3.44. The van der Waals surface area contributed by atoms with Crippen molar-refractivity contribution in [2.75, 3.05) is 36.4 Å². The Labute approximate surface area is 233 Å². The molecule has 3 aromatic carbocycles. The fourth-order valence-corrected chi connectivity index (χ4v) is 5.52. The highest BCUT2D eigenvalue weighted by molar-refractivity contribution is 5.97. The minimum absolute atomic E-state index is 0.00281. The lowest BCUT2D eigenvalue weighted by Crippen LogP contribution is -2.50. The van der Waals surface area contributed by atoms with E-state index in [0.717, 1.165) is 39.6 Å². The summed E-state index contributed by atoms with van der Waals surface area (Å²) in [6.45, 7) is 7.00. The van der Waals surface area contributed by atoms with Crippen molar-refractivity contribution in [2.45, 2.75) is 26.5 Å². The van der Waals surface area contributed by atoms with Crippen LogP contribution in [0.15, 0.2) is 96.3 Å². The van der Waals surface area contributed by atoms with Gasteiger partial charge in [0.05, 0.1) is 11.8 Å². The number of halogens is 1. The van der Waals surface area contributed by atoms with Gasteiger partial charge in [0.2, 0.25) is 0 Å². The van der Waals surface area contributed by atoms with Crippen LogP contribution in [0.1, 0.15) is 29.7 Å². The van der Waals surface area contributed by atoms with Crippen LogP contribution in [-0.4, -0.2) is 46.8 Å². The van der Waals surface area contributed by atoms with Crippen molar-refractivity contribution in [2.24, 2.45) is 0 Å². The number of anilines is 2. The maximum atomic E-state index is 14.1. The molecule has 1 amide bonds. The molecule has 204 valence electrons. The fraction of sp³-hybridized carbons (Fsp3) is 0.250. The summed E-state index contributed by atoms with van der Waals surface area (Å²) in [5, 5.41) is 7.97. The van der Waals surface area contributed by atoms with Crippen molar-refractivity contribution < 1.29 is 13.9 Å². The van der Waals surface area contributed by atoms with Gasteiger partial charge in [-0.25, -0.2) is 9.07 Å². The Morgan fingerprint density at radius 1 is 0.975 bits per heavy atom. The normalized spacial score (nSPS) is 16.9. The van der Waals surface area contributed by atoms with Gasteiger partial charge in [-0.2, -0.15) is 5.10 Å². The second-order valence-corrected chi connectivity index (χ2v) is 10.3. The summed E-state index contributed by atoms with van der Waals surface area (Å²) in [4.78, 5) is 18.2. The van der Waals surface area contributed by atoms with Crippen molar-refractivity contribution in [1.82, 2.24) is 14.7 Å². The van der Waals surface area contributed by atoms with Gasteiger partial charge in [-0.1, -0.05) is 36.4 Å². The van der Waals surface area contributed by atoms with Gasteiger partial charge in [-0.3, -0.25) is 4.79 Å². The minimum atomic E-state index is -0.365. The third-order valence-electron chi connectivity index (χ3n) is 7.65. The number of ether oxygens (including phenoxy) is 1. The third-order valence-corrected chi connectivity index (χ3v) is 7.65. The topological polar surface area (TPSA) is 62.6 Å². The molecule has 0 saturated carbocycles. The summed E-state index contributed by atoms with van der Waals surface area (Å²) in [5.74, 6) is 1.41. The Balaban J connectivity index is 1.23. The van der Waals surface area contributed by atoms with E-state index in [4.69, 9.17) is 4.74 Å². The molecule has 1 unspecified atom stereocenters. The maximum Gasteiger partial charge on any atom is 0.254 e. The largest absolute Gasteiger partial charge is 0.489 e. The number of carbonyl (C=O) groups excluding carboxylic acids is 1. The summed E-state index contributed by atoms with van der Waals surface area (Å²) in [6.07, 6.45) is 1.75. The Bertz CT molecular complexity index is 1540. The second-order valence-electron chi connectivity index (χ2n) is 10.3. The van der Waals surface area contributed by atoms with Crippen LogP contribution in [0, 0.1) is 12.7 Å². The predicted molar refractivity (Wildman–Crippen MR) is 154 cm³/mol. The van der Waals surface area contributed by atoms with Crippen molar-refractivity contribution >= 4 is 17.4 Å². The average molecular weight is 538 g/mol. The van der Waals surface area contributed by atoms with Crippen LogP contribution in [0.5, 0.6) is 5.75 Å². The second kappa shape index (κ2) is 10.9. The van der Waals surface area contributed by atoms with E-state index in [9.17, 15) is 9.18 Å². The van der Waals surface area contributed by atoms with Gasteiger partial charge in [0, 0.05) is 43.6 Å². The zero-order valence-corrected chi connectivity index (χ0v) is 22.7. The lowest BCUT2D eigenvalue weighted by atomic mass is 9.93. The summed E-state index contributed by atoms with van der Waals surface area (Å²) in [7, 11) is 0. The number of hydrogen-bond acceptors (Lipinski definition) is 5. The molecule has 40 heavy (non-hydrogen) atoms. The van der Waals surface area contributed by atoms with E-state index >= 15 is 0 Å². The number of rotatable bonds is 6. The van der Waals surface area contributed by atoms with E-state index in [1.54, 1.807) is 18.3 Å². The number of allylic oxidation sites excluding steroid dienone is 1. The van der Waals surface area contributed by atoms with Gasteiger partial charge in [-0.05, 0) is 66.9 Å². The Hall–Kier alpha value is -4.59. The van der Waals surface area contributed by atoms with Crippen LogP contribution in [0.3, 0.4) is 0 Å². The van der Waals surface area contributed by atoms with Crippen LogP contribution in [0.2, 0.25) is 0 Å². The molecule has 1 N–H and O–H groups in total. The monoisotopic (exact) mass is 537 g/mol. The van der Waals surface area contributed by atoms with Crippen molar-refractivity contribution in [3.05, 3.63) is 119 Å². The number of aromatic nitrogens is 2. The molecule has 6 rings (SSSR count). The molecule has 1 atom stereocenters. The number of nitrogens with one attached hydrogen (secondary N) is 1. The first-order valence-electron chi connectivity index (χ1n) is 13.6. The number of aryl methyl sites for hydroxylation is 1. The number of carbonyl (C=O) groups is 1. The van der Waals surface area contributed by atoms with Crippen molar-refractivity contribution in [3.63, 3.8) is 0 Å². The number of amides is 1. The van der Waals surface area contributed by atoms with Gasteiger partial charge in [0.25, 0.3) is 5.91 Å². The molecule has 0 bridgehead atoms. The Morgan fingerprint density at radius 3 is 2.45 bits per heavy atom. The van der Waals surface area contributed by atoms with E-state index in [1.807, 2.05) is 72.0 Å². The van der Waals surface area contributed by atoms with Gasteiger partial charge in [-0.15, -0.1) is 0 Å². The summed E-state index contributed by atoms with van der Waals surface area (Å²) < 4.78 is 21.4. The first-order chi connectivity index (χ1) is 19.5.